The topological polar surface area (TPSA) is 3.24 Å². The molecular formula is C10H19F2N. The molecule has 3 heteroatoms. The van der Waals surface area contributed by atoms with E-state index in [1.165, 1.54) is 0 Å². The lowest BCUT2D eigenvalue weighted by Crippen LogP contribution is -2.31. The summed E-state index contributed by atoms with van der Waals surface area (Å²) in [4.78, 5) is 1.90. The maximum atomic E-state index is 13.0. The fourth-order valence-electron chi connectivity index (χ4n) is 2.11. The number of likely N-dealkylation sites (tertiary alicyclic amines) is 1. The quantitative estimate of drug-likeness (QED) is 0.663. The van der Waals surface area contributed by atoms with Crippen molar-refractivity contribution in [3.8, 4) is 0 Å². The van der Waals surface area contributed by atoms with E-state index in [0.717, 1.165) is 13.0 Å². The molecule has 1 saturated heterocycles. The lowest BCUT2D eigenvalue weighted by Gasteiger charge is -2.22. The molecule has 0 spiro atoms. The largest absolute Gasteiger partial charge is 0.295 e. The molecule has 1 rings (SSSR count). The van der Waals surface area contributed by atoms with Gasteiger partial charge in [0.05, 0.1) is 6.54 Å². The van der Waals surface area contributed by atoms with E-state index < -0.39 is 5.92 Å². The van der Waals surface area contributed by atoms with E-state index in [1.54, 1.807) is 0 Å². The standard InChI is InChI=1S/C10H19F2N/c1-4-13-7-10(11,12)6-9(13)5-8(2)3/h8-9H,4-7H2,1-3H3/t9-/m1/s1. The van der Waals surface area contributed by atoms with Crippen LogP contribution in [0.4, 0.5) is 8.78 Å². The highest BCUT2D eigenvalue weighted by atomic mass is 19.3. The molecule has 1 aliphatic rings. The first-order valence-electron chi connectivity index (χ1n) is 5.06. The van der Waals surface area contributed by atoms with Crippen LogP contribution in [0.3, 0.4) is 0 Å². The third-order valence-corrected chi connectivity index (χ3v) is 2.63. The number of nitrogens with zero attached hydrogens (tertiary/aromatic N) is 1. The molecule has 0 saturated carbocycles. The van der Waals surface area contributed by atoms with E-state index in [1.807, 2.05) is 11.8 Å². The van der Waals surface area contributed by atoms with Gasteiger partial charge in [0, 0.05) is 12.5 Å². The van der Waals surface area contributed by atoms with Crippen molar-refractivity contribution in [2.24, 2.45) is 5.92 Å². The van der Waals surface area contributed by atoms with Crippen LogP contribution < -0.4 is 0 Å². The lowest BCUT2D eigenvalue weighted by atomic mass is 10.0. The van der Waals surface area contributed by atoms with Gasteiger partial charge in [-0.1, -0.05) is 20.8 Å². The summed E-state index contributed by atoms with van der Waals surface area (Å²) in [7, 11) is 0. The van der Waals surface area contributed by atoms with Crippen LogP contribution in [0.15, 0.2) is 0 Å². The van der Waals surface area contributed by atoms with Gasteiger partial charge in [-0.2, -0.15) is 0 Å². The molecule has 1 nitrogen and oxygen atoms in total. The van der Waals surface area contributed by atoms with Gasteiger partial charge in [-0.25, -0.2) is 8.78 Å². The van der Waals surface area contributed by atoms with Gasteiger partial charge >= 0.3 is 0 Å². The third-order valence-electron chi connectivity index (χ3n) is 2.63. The maximum absolute atomic E-state index is 13.0. The van der Waals surface area contributed by atoms with E-state index in [9.17, 15) is 8.78 Å². The van der Waals surface area contributed by atoms with Crippen molar-refractivity contribution < 1.29 is 8.78 Å². The Morgan fingerprint density at radius 1 is 1.46 bits per heavy atom. The van der Waals surface area contributed by atoms with Crippen LogP contribution in [0.25, 0.3) is 0 Å². The van der Waals surface area contributed by atoms with Crippen molar-refractivity contribution in [2.75, 3.05) is 13.1 Å². The Labute approximate surface area is 79.1 Å². The predicted molar refractivity (Wildman–Crippen MR) is 50.1 cm³/mol. The van der Waals surface area contributed by atoms with Crippen LogP contribution in [0.5, 0.6) is 0 Å². The van der Waals surface area contributed by atoms with Crippen molar-refractivity contribution in [1.29, 1.82) is 0 Å². The molecular weight excluding hydrogens is 172 g/mol. The van der Waals surface area contributed by atoms with Gasteiger partial charge in [-0.15, -0.1) is 0 Å². The molecule has 0 radical (unpaired) electrons. The molecule has 0 aromatic rings. The number of rotatable bonds is 3. The number of hydrogen-bond acceptors (Lipinski definition) is 1. The van der Waals surface area contributed by atoms with Gasteiger partial charge in [0.2, 0.25) is 0 Å². The summed E-state index contributed by atoms with van der Waals surface area (Å²) in [6, 6.07) is 0.0972. The van der Waals surface area contributed by atoms with Crippen molar-refractivity contribution in [2.45, 2.75) is 45.6 Å². The second kappa shape index (κ2) is 3.91. The van der Waals surface area contributed by atoms with E-state index in [4.69, 9.17) is 0 Å². The van der Waals surface area contributed by atoms with Crippen LogP contribution in [-0.2, 0) is 0 Å². The smallest absolute Gasteiger partial charge is 0.262 e. The molecule has 1 fully saturated rings. The monoisotopic (exact) mass is 191 g/mol. The molecule has 1 aliphatic heterocycles. The minimum atomic E-state index is -2.45. The molecule has 1 heterocycles. The molecule has 0 aromatic carbocycles. The zero-order valence-electron chi connectivity index (χ0n) is 8.69. The molecule has 0 amide bonds. The highest BCUT2D eigenvalue weighted by Crippen LogP contribution is 2.34. The van der Waals surface area contributed by atoms with Crippen LogP contribution in [0, 0.1) is 5.92 Å². The van der Waals surface area contributed by atoms with Gasteiger partial charge < -0.3 is 0 Å². The summed E-state index contributed by atoms with van der Waals surface area (Å²) in [5.74, 6) is -1.94. The average Bonchev–Trinajstić information content (AvgIpc) is 2.24. The molecule has 13 heavy (non-hydrogen) atoms. The minimum absolute atomic E-state index is 0.0408. The highest BCUT2D eigenvalue weighted by Gasteiger charge is 2.43. The van der Waals surface area contributed by atoms with E-state index >= 15 is 0 Å². The molecule has 0 bridgehead atoms. The zero-order valence-corrected chi connectivity index (χ0v) is 8.69. The average molecular weight is 191 g/mol. The third kappa shape index (κ3) is 2.90. The number of halogens is 2. The Hall–Kier alpha value is -0.180. The van der Waals surface area contributed by atoms with Crippen LogP contribution >= 0.6 is 0 Å². The Morgan fingerprint density at radius 2 is 2.08 bits per heavy atom. The van der Waals surface area contributed by atoms with Crippen molar-refractivity contribution >= 4 is 0 Å². The predicted octanol–water partition coefficient (Wildman–Crippen LogP) is 2.76. The van der Waals surface area contributed by atoms with Crippen LogP contribution in [0.1, 0.15) is 33.6 Å². The lowest BCUT2D eigenvalue weighted by molar-refractivity contribution is 0.0124. The minimum Gasteiger partial charge on any atom is -0.295 e. The van der Waals surface area contributed by atoms with Gasteiger partial charge in [0.15, 0.2) is 0 Å². The molecule has 78 valence electrons. The zero-order chi connectivity index (χ0) is 10.1. The Kier molecular flexibility index (Phi) is 3.28. The van der Waals surface area contributed by atoms with Crippen molar-refractivity contribution in [3.63, 3.8) is 0 Å². The summed E-state index contributed by atoms with van der Waals surface area (Å²) in [6.45, 7) is 6.83. The molecule has 0 aromatic heterocycles. The van der Waals surface area contributed by atoms with Gasteiger partial charge in [-0.3, -0.25) is 4.90 Å². The number of alkyl halides is 2. The van der Waals surface area contributed by atoms with E-state index in [-0.39, 0.29) is 19.0 Å². The van der Waals surface area contributed by atoms with E-state index in [0.29, 0.717) is 5.92 Å². The van der Waals surface area contributed by atoms with E-state index in [2.05, 4.69) is 13.8 Å². The van der Waals surface area contributed by atoms with Crippen LogP contribution in [-0.4, -0.2) is 30.0 Å². The maximum Gasteiger partial charge on any atom is 0.262 e. The van der Waals surface area contributed by atoms with Gasteiger partial charge in [0.25, 0.3) is 5.92 Å². The molecule has 0 aliphatic carbocycles. The fraction of sp³-hybridized carbons (Fsp3) is 1.00. The first-order chi connectivity index (χ1) is 5.94. The summed E-state index contributed by atoms with van der Waals surface area (Å²) in [5.41, 5.74) is 0. The molecule has 0 unspecified atom stereocenters. The highest BCUT2D eigenvalue weighted by molar-refractivity contribution is 4.90. The molecule has 0 N–H and O–H groups in total. The molecule has 1 atom stereocenters. The second-order valence-electron chi connectivity index (χ2n) is 4.41. The van der Waals surface area contributed by atoms with Crippen LogP contribution in [0.2, 0.25) is 0 Å². The van der Waals surface area contributed by atoms with Crippen molar-refractivity contribution in [3.05, 3.63) is 0 Å². The van der Waals surface area contributed by atoms with Gasteiger partial charge in [-0.05, 0) is 18.9 Å². The first-order valence-corrected chi connectivity index (χ1v) is 5.06. The summed E-state index contributed by atoms with van der Waals surface area (Å²) in [5, 5.41) is 0. The summed E-state index contributed by atoms with van der Waals surface area (Å²) >= 11 is 0. The Balaban J connectivity index is 2.53. The second-order valence-corrected chi connectivity index (χ2v) is 4.41. The van der Waals surface area contributed by atoms with Gasteiger partial charge in [0.1, 0.15) is 0 Å². The summed E-state index contributed by atoms with van der Waals surface area (Å²) in [6.07, 6.45) is 0.947. The van der Waals surface area contributed by atoms with Crippen molar-refractivity contribution in [1.82, 2.24) is 4.90 Å². The first kappa shape index (κ1) is 10.9. The number of hydrogen-bond donors (Lipinski definition) is 0. The normalized spacial score (nSPS) is 28.6. The SMILES string of the molecule is CCN1CC(F)(F)C[C@H]1CC(C)C. The fourth-order valence-corrected chi connectivity index (χ4v) is 2.11. The Bertz CT molecular complexity index is 168. The Morgan fingerprint density at radius 3 is 2.54 bits per heavy atom. The summed E-state index contributed by atoms with van der Waals surface area (Å²) < 4.78 is 26.1.